The maximum atomic E-state index is 11.9. The minimum atomic E-state index is -0.150. The molecule has 1 aliphatic heterocycles. The molecule has 1 aliphatic rings. The number of H-pyrrole nitrogens is 1. The molecule has 90 valence electrons. The number of aromatic nitrogens is 1. The Balaban J connectivity index is 2.11. The zero-order valence-corrected chi connectivity index (χ0v) is 9.82. The highest BCUT2D eigenvalue weighted by molar-refractivity contribution is 6.34. The number of aromatic amines is 1. The highest BCUT2D eigenvalue weighted by Crippen LogP contribution is 2.35. The van der Waals surface area contributed by atoms with Crippen molar-refractivity contribution in [3.63, 3.8) is 0 Å². The van der Waals surface area contributed by atoms with Gasteiger partial charge in [0.25, 0.3) is 5.91 Å². The summed E-state index contributed by atoms with van der Waals surface area (Å²) in [5.74, 6) is 0.00155. The van der Waals surface area contributed by atoms with Crippen LogP contribution in [-0.2, 0) is 4.79 Å². The van der Waals surface area contributed by atoms with Crippen LogP contribution in [0.4, 0.5) is 5.69 Å². The summed E-state index contributed by atoms with van der Waals surface area (Å²) < 4.78 is 0. The van der Waals surface area contributed by atoms with E-state index < -0.39 is 0 Å². The van der Waals surface area contributed by atoms with Gasteiger partial charge in [-0.25, -0.2) is 0 Å². The second-order valence-corrected chi connectivity index (χ2v) is 4.37. The second kappa shape index (κ2) is 3.77. The van der Waals surface area contributed by atoms with Crippen LogP contribution in [0.3, 0.4) is 0 Å². The maximum absolute atomic E-state index is 11.9. The summed E-state index contributed by atoms with van der Waals surface area (Å²) in [5, 5.41) is 12.3. The Bertz CT molecular complexity index is 668. The Morgan fingerprint density at radius 1 is 1.28 bits per heavy atom. The number of fused-ring (bicyclic) bond motifs is 1. The molecule has 1 aromatic carbocycles. The van der Waals surface area contributed by atoms with Crippen molar-refractivity contribution in [1.29, 1.82) is 0 Å². The van der Waals surface area contributed by atoms with E-state index in [9.17, 15) is 9.90 Å². The fraction of sp³-hybridized carbons (Fsp3) is 0.0714. The van der Waals surface area contributed by atoms with Gasteiger partial charge in [-0.2, -0.15) is 0 Å². The third-order valence-corrected chi connectivity index (χ3v) is 2.94. The largest absolute Gasteiger partial charge is 0.508 e. The van der Waals surface area contributed by atoms with Gasteiger partial charge in [0.05, 0.1) is 5.57 Å². The van der Waals surface area contributed by atoms with Gasteiger partial charge >= 0.3 is 0 Å². The van der Waals surface area contributed by atoms with Crippen LogP contribution in [0.5, 0.6) is 5.75 Å². The number of aryl methyl sites for hydroxylation is 1. The fourth-order valence-corrected chi connectivity index (χ4v) is 2.08. The maximum Gasteiger partial charge on any atom is 0.256 e. The Hall–Kier alpha value is -2.49. The number of nitrogens with one attached hydrogen (secondary N) is 2. The monoisotopic (exact) mass is 240 g/mol. The van der Waals surface area contributed by atoms with Crippen molar-refractivity contribution in [2.24, 2.45) is 0 Å². The van der Waals surface area contributed by atoms with Gasteiger partial charge in [-0.3, -0.25) is 4.79 Å². The average Bonchev–Trinajstić information content (AvgIpc) is 2.86. The summed E-state index contributed by atoms with van der Waals surface area (Å²) >= 11 is 0. The van der Waals surface area contributed by atoms with E-state index in [2.05, 4.69) is 10.3 Å². The third kappa shape index (κ3) is 1.68. The van der Waals surface area contributed by atoms with Gasteiger partial charge in [-0.05, 0) is 42.8 Å². The highest BCUT2D eigenvalue weighted by Gasteiger charge is 2.24. The molecule has 1 aromatic heterocycles. The summed E-state index contributed by atoms with van der Waals surface area (Å²) in [5.41, 5.74) is 3.99. The second-order valence-electron chi connectivity index (χ2n) is 4.37. The molecule has 0 spiro atoms. The van der Waals surface area contributed by atoms with Crippen molar-refractivity contribution in [1.82, 2.24) is 4.98 Å². The SMILES string of the molecule is Cc1c[nH]c(C=C2C(=O)Nc3ccc(O)cc32)c1. The van der Waals surface area contributed by atoms with Gasteiger partial charge in [-0.15, -0.1) is 0 Å². The normalized spacial score (nSPS) is 15.8. The first kappa shape index (κ1) is 10.7. The molecule has 3 rings (SSSR count). The molecule has 0 saturated carbocycles. The number of phenolic OH excluding ortho intramolecular Hbond substituents is 1. The molecule has 0 fully saturated rings. The molecular weight excluding hydrogens is 228 g/mol. The number of aromatic hydroxyl groups is 1. The average molecular weight is 240 g/mol. The van der Waals surface area contributed by atoms with Crippen molar-refractivity contribution in [2.75, 3.05) is 5.32 Å². The van der Waals surface area contributed by atoms with E-state index >= 15 is 0 Å². The smallest absolute Gasteiger partial charge is 0.256 e. The van der Waals surface area contributed by atoms with Crippen molar-refractivity contribution >= 4 is 23.2 Å². The predicted molar refractivity (Wildman–Crippen MR) is 70.1 cm³/mol. The molecule has 2 aromatic rings. The van der Waals surface area contributed by atoms with E-state index in [-0.39, 0.29) is 11.7 Å². The van der Waals surface area contributed by atoms with Gasteiger partial charge < -0.3 is 15.4 Å². The van der Waals surface area contributed by atoms with E-state index in [1.165, 1.54) is 0 Å². The van der Waals surface area contributed by atoms with E-state index in [4.69, 9.17) is 0 Å². The number of hydrogen-bond acceptors (Lipinski definition) is 2. The van der Waals surface area contributed by atoms with Crippen LogP contribution in [0.25, 0.3) is 11.6 Å². The van der Waals surface area contributed by atoms with Crippen LogP contribution in [0, 0.1) is 6.92 Å². The number of rotatable bonds is 1. The summed E-state index contributed by atoms with van der Waals surface area (Å²) in [6, 6.07) is 6.81. The molecule has 3 N–H and O–H groups in total. The first-order chi connectivity index (χ1) is 8.63. The quantitative estimate of drug-likeness (QED) is 0.529. The lowest BCUT2D eigenvalue weighted by Gasteiger charge is -1.98. The summed E-state index contributed by atoms with van der Waals surface area (Å²) in [6.45, 7) is 1.98. The van der Waals surface area contributed by atoms with E-state index in [0.29, 0.717) is 5.57 Å². The van der Waals surface area contributed by atoms with Gasteiger partial charge in [-0.1, -0.05) is 0 Å². The van der Waals surface area contributed by atoms with Crippen LogP contribution >= 0.6 is 0 Å². The summed E-state index contributed by atoms with van der Waals surface area (Å²) in [4.78, 5) is 15.0. The van der Waals surface area contributed by atoms with Gasteiger partial charge in [0.2, 0.25) is 0 Å². The first-order valence-electron chi connectivity index (χ1n) is 5.65. The van der Waals surface area contributed by atoms with Gasteiger partial charge in [0, 0.05) is 23.1 Å². The first-order valence-corrected chi connectivity index (χ1v) is 5.65. The molecule has 0 atom stereocenters. The number of carbonyl (C=O) groups is 1. The number of phenols is 1. The standard InChI is InChI=1S/C14H12N2O2/c1-8-4-9(15-7-8)5-12-11-6-10(17)2-3-13(11)16-14(12)18/h2-7,15,17H,1H3,(H,16,18). The molecule has 2 heterocycles. The fourth-order valence-electron chi connectivity index (χ4n) is 2.08. The van der Waals surface area contributed by atoms with E-state index in [0.717, 1.165) is 22.5 Å². The number of benzene rings is 1. The summed E-state index contributed by atoms with van der Waals surface area (Å²) in [7, 11) is 0. The molecule has 18 heavy (non-hydrogen) atoms. The van der Waals surface area contributed by atoms with Crippen molar-refractivity contribution < 1.29 is 9.90 Å². The Kier molecular flexibility index (Phi) is 2.23. The Labute approximate surface area is 104 Å². The highest BCUT2D eigenvalue weighted by atomic mass is 16.3. The van der Waals surface area contributed by atoms with Crippen LogP contribution in [0.1, 0.15) is 16.8 Å². The zero-order valence-electron chi connectivity index (χ0n) is 9.82. The lowest BCUT2D eigenvalue weighted by molar-refractivity contribution is -0.110. The molecule has 4 nitrogen and oxygen atoms in total. The Morgan fingerprint density at radius 3 is 2.83 bits per heavy atom. The number of hydrogen-bond donors (Lipinski definition) is 3. The zero-order chi connectivity index (χ0) is 12.7. The van der Waals surface area contributed by atoms with Crippen LogP contribution in [0.2, 0.25) is 0 Å². The van der Waals surface area contributed by atoms with Crippen molar-refractivity contribution in [3.8, 4) is 5.75 Å². The number of anilines is 1. The van der Waals surface area contributed by atoms with Crippen molar-refractivity contribution in [3.05, 3.63) is 47.3 Å². The Morgan fingerprint density at radius 2 is 2.11 bits per heavy atom. The third-order valence-electron chi connectivity index (χ3n) is 2.94. The van der Waals surface area contributed by atoms with Gasteiger partial charge in [0.1, 0.15) is 5.75 Å². The number of carbonyl (C=O) groups excluding carboxylic acids is 1. The van der Waals surface area contributed by atoms with E-state index in [1.54, 1.807) is 24.3 Å². The number of amides is 1. The molecule has 4 heteroatoms. The molecule has 1 amide bonds. The lowest BCUT2D eigenvalue weighted by Crippen LogP contribution is -2.03. The van der Waals surface area contributed by atoms with Crippen molar-refractivity contribution in [2.45, 2.75) is 6.92 Å². The predicted octanol–water partition coefficient (Wildman–Crippen LogP) is 2.52. The molecule has 0 radical (unpaired) electrons. The minimum absolute atomic E-state index is 0.150. The lowest BCUT2D eigenvalue weighted by atomic mass is 10.1. The van der Waals surface area contributed by atoms with E-state index in [1.807, 2.05) is 19.2 Å². The molecule has 0 aliphatic carbocycles. The van der Waals surface area contributed by atoms with Gasteiger partial charge in [0.15, 0.2) is 0 Å². The summed E-state index contributed by atoms with van der Waals surface area (Å²) in [6.07, 6.45) is 3.66. The molecule has 0 unspecified atom stereocenters. The van der Waals surface area contributed by atoms with Crippen LogP contribution in [-0.4, -0.2) is 16.0 Å². The van der Waals surface area contributed by atoms with Crippen LogP contribution < -0.4 is 5.32 Å². The molecular formula is C14H12N2O2. The molecule has 0 bridgehead atoms. The van der Waals surface area contributed by atoms with Crippen LogP contribution in [0.15, 0.2) is 30.5 Å². The molecule has 0 saturated heterocycles. The topological polar surface area (TPSA) is 65.1 Å². The minimum Gasteiger partial charge on any atom is -0.508 e.